The summed E-state index contributed by atoms with van der Waals surface area (Å²) in [7, 11) is 1.60. The molecule has 1 aliphatic heterocycles. The molecule has 0 bridgehead atoms. The smallest absolute Gasteiger partial charge is 0.218 e. The SMILES string of the molecule is COCc1nc(N)cc(OCCN2CCCCC2)n1. The van der Waals surface area contributed by atoms with Gasteiger partial charge in [0.05, 0.1) is 0 Å². The largest absolute Gasteiger partial charge is 0.476 e. The summed E-state index contributed by atoms with van der Waals surface area (Å²) in [5, 5.41) is 0. The fraction of sp³-hybridized carbons (Fsp3) is 0.692. The molecule has 1 aromatic rings. The molecule has 0 saturated carbocycles. The van der Waals surface area contributed by atoms with Crippen LogP contribution in [0.4, 0.5) is 5.82 Å². The van der Waals surface area contributed by atoms with E-state index in [0.717, 1.165) is 6.54 Å². The first-order valence-corrected chi connectivity index (χ1v) is 6.75. The number of rotatable bonds is 6. The number of anilines is 1. The minimum Gasteiger partial charge on any atom is -0.476 e. The Balaban J connectivity index is 1.81. The summed E-state index contributed by atoms with van der Waals surface area (Å²) in [4.78, 5) is 10.7. The summed E-state index contributed by atoms with van der Waals surface area (Å²) in [6, 6.07) is 1.65. The van der Waals surface area contributed by atoms with Gasteiger partial charge in [-0.15, -0.1) is 0 Å². The van der Waals surface area contributed by atoms with Crippen molar-refractivity contribution in [1.29, 1.82) is 0 Å². The van der Waals surface area contributed by atoms with Crippen LogP contribution in [0.5, 0.6) is 5.88 Å². The van der Waals surface area contributed by atoms with E-state index in [1.807, 2.05) is 0 Å². The molecule has 0 radical (unpaired) electrons. The van der Waals surface area contributed by atoms with Crippen LogP contribution in [0, 0.1) is 0 Å². The summed E-state index contributed by atoms with van der Waals surface area (Å²) in [5.41, 5.74) is 5.71. The van der Waals surface area contributed by atoms with Crippen molar-refractivity contribution in [3.8, 4) is 5.88 Å². The zero-order chi connectivity index (χ0) is 13.5. The van der Waals surface area contributed by atoms with Crippen molar-refractivity contribution >= 4 is 5.82 Å². The Morgan fingerprint density at radius 2 is 2.05 bits per heavy atom. The van der Waals surface area contributed by atoms with Crippen molar-refractivity contribution in [2.45, 2.75) is 25.9 Å². The number of nitrogens with two attached hydrogens (primary N) is 1. The number of hydrogen-bond donors (Lipinski definition) is 1. The van der Waals surface area contributed by atoms with Crippen molar-refractivity contribution in [3.05, 3.63) is 11.9 Å². The lowest BCUT2D eigenvalue weighted by Gasteiger charge is -2.26. The minimum absolute atomic E-state index is 0.341. The molecule has 1 fully saturated rings. The predicted octanol–water partition coefficient (Wildman–Crippen LogP) is 1.07. The molecule has 106 valence electrons. The van der Waals surface area contributed by atoms with E-state index in [9.17, 15) is 0 Å². The van der Waals surface area contributed by atoms with Gasteiger partial charge < -0.3 is 15.2 Å². The van der Waals surface area contributed by atoms with E-state index in [1.54, 1.807) is 13.2 Å². The third-order valence-electron chi connectivity index (χ3n) is 3.15. The first-order valence-electron chi connectivity index (χ1n) is 6.75. The molecule has 19 heavy (non-hydrogen) atoms. The van der Waals surface area contributed by atoms with Crippen LogP contribution >= 0.6 is 0 Å². The third-order valence-corrected chi connectivity index (χ3v) is 3.15. The second-order valence-electron chi connectivity index (χ2n) is 4.73. The maximum absolute atomic E-state index is 5.71. The third kappa shape index (κ3) is 4.65. The Labute approximate surface area is 113 Å². The molecular formula is C13H22N4O2. The summed E-state index contributed by atoms with van der Waals surface area (Å²) in [6.07, 6.45) is 3.93. The van der Waals surface area contributed by atoms with Crippen molar-refractivity contribution < 1.29 is 9.47 Å². The lowest BCUT2D eigenvalue weighted by Crippen LogP contribution is -2.33. The molecule has 0 aliphatic carbocycles. The summed E-state index contributed by atoms with van der Waals surface area (Å²) < 4.78 is 10.6. The first-order chi connectivity index (χ1) is 9.28. The van der Waals surface area contributed by atoms with E-state index in [-0.39, 0.29) is 0 Å². The number of aromatic nitrogens is 2. The molecule has 2 rings (SSSR count). The number of likely N-dealkylation sites (tertiary alicyclic amines) is 1. The molecule has 0 unspecified atom stereocenters. The number of ether oxygens (including phenoxy) is 2. The van der Waals surface area contributed by atoms with E-state index in [0.29, 0.717) is 30.7 Å². The van der Waals surface area contributed by atoms with Crippen LogP contribution in [-0.2, 0) is 11.3 Å². The molecule has 2 N–H and O–H groups in total. The van der Waals surface area contributed by atoms with Crippen LogP contribution in [0.15, 0.2) is 6.07 Å². The van der Waals surface area contributed by atoms with Gasteiger partial charge in [0, 0.05) is 19.7 Å². The molecule has 0 amide bonds. The molecule has 0 spiro atoms. The highest BCUT2D eigenvalue weighted by molar-refractivity contribution is 5.32. The average Bonchev–Trinajstić information content (AvgIpc) is 2.40. The Kier molecular flexibility index (Phi) is 5.35. The number of nitrogen functional groups attached to an aromatic ring is 1. The standard InChI is InChI=1S/C13H22N4O2/c1-18-10-12-15-11(14)9-13(16-12)19-8-7-17-5-3-2-4-6-17/h9H,2-8,10H2,1H3,(H2,14,15,16). The monoisotopic (exact) mass is 266 g/mol. The average molecular weight is 266 g/mol. The first kappa shape index (κ1) is 14.0. The van der Waals surface area contributed by atoms with Crippen molar-refractivity contribution in [1.82, 2.24) is 14.9 Å². The van der Waals surface area contributed by atoms with Gasteiger partial charge in [0.1, 0.15) is 19.0 Å². The Bertz CT molecular complexity index is 394. The maximum atomic E-state index is 5.71. The lowest BCUT2D eigenvalue weighted by molar-refractivity contribution is 0.170. The van der Waals surface area contributed by atoms with Gasteiger partial charge in [-0.25, -0.2) is 4.98 Å². The topological polar surface area (TPSA) is 73.5 Å². The zero-order valence-corrected chi connectivity index (χ0v) is 11.5. The van der Waals surface area contributed by atoms with Crippen LogP contribution < -0.4 is 10.5 Å². The van der Waals surface area contributed by atoms with Crippen LogP contribution in [0.25, 0.3) is 0 Å². The Morgan fingerprint density at radius 3 is 2.79 bits per heavy atom. The molecule has 1 aliphatic rings. The van der Waals surface area contributed by atoms with E-state index in [1.165, 1.54) is 32.4 Å². The highest BCUT2D eigenvalue weighted by Crippen LogP contribution is 2.12. The molecule has 1 aromatic heterocycles. The van der Waals surface area contributed by atoms with Crippen molar-refractivity contribution in [2.75, 3.05) is 39.1 Å². The van der Waals surface area contributed by atoms with E-state index in [2.05, 4.69) is 14.9 Å². The van der Waals surface area contributed by atoms with Gasteiger partial charge in [-0.05, 0) is 25.9 Å². The lowest BCUT2D eigenvalue weighted by atomic mass is 10.1. The van der Waals surface area contributed by atoms with E-state index < -0.39 is 0 Å². The van der Waals surface area contributed by atoms with E-state index in [4.69, 9.17) is 15.2 Å². The zero-order valence-electron chi connectivity index (χ0n) is 11.5. The molecule has 1 saturated heterocycles. The molecule has 2 heterocycles. The number of piperidine rings is 1. The summed E-state index contributed by atoms with van der Waals surface area (Å²) in [6.45, 7) is 4.24. The van der Waals surface area contributed by atoms with Gasteiger partial charge in [-0.3, -0.25) is 4.90 Å². The Hall–Kier alpha value is -1.40. The predicted molar refractivity (Wildman–Crippen MR) is 72.9 cm³/mol. The molecule has 6 heteroatoms. The molecule has 6 nitrogen and oxygen atoms in total. The summed E-state index contributed by atoms with van der Waals surface area (Å²) in [5.74, 6) is 1.49. The van der Waals surface area contributed by atoms with Gasteiger partial charge in [0.25, 0.3) is 0 Å². The fourth-order valence-electron chi connectivity index (χ4n) is 2.22. The number of nitrogens with zero attached hydrogens (tertiary/aromatic N) is 3. The van der Waals surface area contributed by atoms with Crippen LogP contribution in [0.3, 0.4) is 0 Å². The highest BCUT2D eigenvalue weighted by Gasteiger charge is 2.10. The normalized spacial score (nSPS) is 16.5. The van der Waals surface area contributed by atoms with Crippen LogP contribution in [-0.4, -0.2) is 48.2 Å². The Morgan fingerprint density at radius 1 is 1.26 bits per heavy atom. The van der Waals surface area contributed by atoms with Gasteiger partial charge in [-0.1, -0.05) is 6.42 Å². The second-order valence-corrected chi connectivity index (χ2v) is 4.73. The van der Waals surface area contributed by atoms with Gasteiger partial charge >= 0.3 is 0 Å². The number of methoxy groups -OCH3 is 1. The fourth-order valence-corrected chi connectivity index (χ4v) is 2.22. The van der Waals surface area contributed by atoms with Gasteiger partial charge in [-0.2, -0.15) is 4.98 Å². The van der Waals surface area contributed by atoms with E-state index >= 15 is 0 Å². The number of hydrogen-bond acceptors (Lipinski definition) is 6. The molecule has 0 aromatic carbocycles. The maximum Gasteiger partial charge on any atom is 0.218 e. The molecule has 0 atom stereocenters. The van der Waals surface area contributed by atoms with Gasteiger partial charge in [0.15, 0.2) is 5.82 Å². The quantitative estimate of drug-likeness (QED) is 0.830. The van der Waals surface area contributed by atoms with Crippen LogP contribution in [0.1, 0.15) is 25.1 Å². The van der Waals surface area contributed by atoms with Gasteiger partial charge in [0.2, 0.25) is 5.88 Å². The second kappa shape index (κ2) is 7.25. The summed E-state index contributed by atoms with van der Waals surface area (Å²) >= 11 is 0. The van der Waals surface area contributed by atoms with Crippen molar-refractivity contribution in [3.63, 3.8) is 0 Å². The molecular weight excluding hydrogens is 244 g/mol. The highest BCUT2D eigenvalue weighted by atomic mass is 16.5. The minimum atomic E-state index is 0.341. The van der Waals surface area contributed by atoms with Crippen LogP contribution in [0.2, 0.25) is 0 Å². The van der Waals surface area contributed by atoms with Crippen molar-refractivity contribution in [2.24, 2.45) is 0 Å².